The van der Waals surface area contributed by atoms with Crippen molar-refractivity contribution in [2.24, 2.45) is 0 Å². The third-order valence-electron chi connectivity index (χ3n) is 0.333. The molecule has 0 fully saturated rings. The number of rotatable bonds is 2. The summed E-state index contributed by atoms with van der Waals surface area (Å²) in [5.74, 6) is 0. The van der Waals surface area contributed by atoms with Crippen molar-refractivity contribution in [1.29, 1.82) is 0 Å². The summed E-state index contributed by atoms with van der Waals surface area (Å²) in [6, 6.07) is 0. The zero-order chi connectivity index (χ0) is 4.12. The van der Waals surface area contributed by atoms with Crippen molar-refractivity contribution in [1.82, 2.24) is 0 Å². The first-order valence-corrected chi connectivity index (χ1v) is 1.63. The molecule has 1 nitrogen and oxygen atoms in total. The van der Waals surface area contributed by atoms with Gasteiger partial charge in [0.2, 0.25) is 0 Å². The Morgan fingerprint density at radius 2 is 2.33 bits per heavy atom. The average Bonchev–Trinajstić information content (AvgIpc) is 1.41. The maximum Gasteiger partial charge on any atom is 1.00 e. The number of aliphatic hydroxyl groups excluding tert-OH is 1. The van der Waals surface area contributed by atoms with E-state index in [1.54, 1.807) is 6.08 Å². The van der Waals surface area contributed by atoms with Crippen LogP contribution in [0.25, 0.3) is 0 Å². The Bertz CT molecular complexity index is 32.9. The molecule has 2 heteroatoms. The van der Waals surface area contributed by atoms with Crippen LogP contribution in [-0.2, 0) is 0 Å². The van der Waals surface area contributed by atoms with E-state index in [-0.39, 0.29) is 37.6 Å². The predicted octanol–water partition coefficient (Wildman–Crippen LogP) is -2.33. The summed E-state index contributed by atoms with van der Waals surface area (Å²) in [6.45, 7) is 3.62. The molecule has 6 heavy (non-hydrogen) atoms. The van der Waals surface area contributed by atoms with Gasteiger partial charge in [-0.25, -0.2) is 0 Å². The summed E-state index contributed by atoms with van der Waals surface area (Å²) in [5, 5.41) is 8.00. The van der Waals surface area contributed by atoms with Crippen LogP contribution in [0.1, 0.15) is 7.85 Å². The smallest absolute Gasteiger partial charge is 1.00 e. The van der Waals surface area contributed by atoms with Gasteiger partial charge in [-0.15, -0.1) is 6.58 Å². The van der Waals surface area contributed by atoms with Crippen LogP contribution in [0.3, 0.4) is 0 Å². The summed E-state index contributed by atoms with van der Waals surface area (Å²) >= 11 is 0. The Morgan fingerprint density at radius 3 is 2.33 bits per heavy atom. The fourth-order valence-electron chi connectivity index (χ4n) is 0.0913. The Kier molecular flexibility index (Phi) is 15.1. The molecule has 0 atom stereocenters. The minimum atomic E-state index is 0. The van der Waals surface area contributed by atoms with Crippen molar-refractivity contribution in [3.8, 4) is 0 Å². The maximum atomic E-state index is 8.00. The van der Waals surface area contributed by atoms with Crippen molar-refractivity contribution in [3.05, 3.63) is 12.7 Å². The minimum absolute atomic E-state index is 0. The first-order valence-electron chi connectivity index (χ1n) is 1.63. The van der Waals surface area contributed by atoms with Gasteiger partial charge in [0.1, 0.15) is 0 Å². The van der Waals surface area contributed by atoms with Crippen molar-refractivity contribution in [3.63, 3.8) is 0 Å². The molecule has 0 saturated carbocycles. The number of aliphatic hydroxyl groups is 1. The van der Waals surface area contributed by atoms with Crippen LogP contribution in [0.5, 0.6) is 0 Å². The van der Waals surface area contributed by atoms with Crippen molar-refractivity contribution in [2.75, 3.05) is 6.61 Å². The summed E-state index contributed by atoms with van der Waals surface area (Å²) in [6.07, 6.45) is 2.39. The van der Waals surface area contributed by atoms with E-state index in [1.165, 1.54) is 0 Å². The van der Waals surface area contributed by atoms with E-state index in [1.807, 2.05) is 0 Å². The van der Waals surface area contributed by atoms with Crippen molar-refractivity contribution >= 4 is 0 Å². The zero-order valence-corrected chi connectivity index (χ0v) is 6.15. The molecule has 0 amide bonds. The van der Waals surface area contributed by atoms with E-state index in [0.717, 1.165) is 0 Å². The summed E-state index contributed by atoms with van der Waals surface area (Å²) in [4.78, 5) is 0. The Hall–Kier alpha value is 0.700. The van der Waals surface area contributed by atoms with Crippen molar-refractivity contribution < 1.29 is 36.1 Å². The predicted molar refractivity (Wildman–Crippen MR) is 23.0 cm³/mol. The molecular weight excluding hydrogens is 87.0 g/mol. The Labute approximate surface area is 61.8 Å². The van der Waals surface area contributed by atoms with Crippen molar-refractivity contribution in [2.45, 2.75) is 6.42 Å². The molecule has 0 saturated heterocycles. The van der Waals surface area contributed by atoms with Gasteiger partial charge in [0.05, 0.1) is 0 Å². The normalized spacial score (nSPS) is 6.17. The average molecular weight is 96.1 g/mol. The molecule has 0 aromatic heterocycles. The summed E-state index contributed by atoms with van der Waals surface area (Å²) in [5.41, 5.74) is 0. The van der Waals surface area contributed by atoms with E-state index in [4.69, 9.17) is 5.11 Å². The van der Waals surface area contributed by atoms with Crippen LogP contribution >= 0.6 is 0 Å². The topological polar surface area (TPSA) is 20.2 Å². The first kappa shape index (κ1) is 9.85. The number of hydrogen-bond acceptors (Lipinski definition) is 1. The largest absolute Gasteiger partial charge is 1.00 e. The standard InChI is InChI=1S/C4H8O.Na.H/c1-2-3-4-5;;/h2,5H,1,3-4H2;;/q;+1;-1. The van der Waals surface area contributed by atoms with Gasteiger partial charge in [-0.05, 0) is 6.42 Å². The summed E-state index contributed by atoms with van der Waals surface area (Å²) < 4.78 is 0. The molecule has 0 rings (SSSR count). The molecule has 0 aliphatic heterocycles. The van der Waals surface area contributed by atoms with Gasteiger partial charge in [0, 0.05) is 6.61 Å². The van der Waals surface area contributed by atoms with E-state index in [2.05, 4.69) is 6.58 Å². The van der Waals surface area contributed by atoms with Gasteiger partial charge in [0.15, 0.2) is 0 Å². The second-order valence-corrected chi connectivity index (χ2v) is 0.801. The monoisotopic (exact) mass is 96.1 g/mol. The molecule has 0 heterocycles. The first-order chi connectivity index (χ1) is 2.41. The van der Waals surface area contributed by atoms with Gasteiger partial charge in [0.25, 0.3) is 0 Å². The molecule has 0 radical (unpaired) electrons. The molecule has 0 unspecified atom stereocenters. The second kappa shape index (κ2) is 9.20. The number of hydrogen-bond donors (Lipinski definition) is 1. The zero-order valence-electron chi connectivity index (χ0n) is 5.15. The molecule has 0 aliphatic rings. The van der Waals surface area contributed by atoms with E-state index < -0.39 is 0 Å². The SMILES string of the molecule is C=CCCO.[H-].[Na+]. The molecule has 0 aromatic carbocycles. The minimum Gasteiger partial charge on any atom is -1.00 e. The fourth-order valence-corrected chi connectivity index (χ4v) is 0.0913. The summed E-state index contributed by atoms with van der Waals surface area (Å²) in [7, 11) is 0. The molecule has 1 N–H and O–H groups in total. The Morgan fingerprint density at radius 1 is 1.83 bits per heavy atom. The van der Waals surface area contributed by atoms with Crippen LogP contribution in [-0.4, -0.2) is 11.7 Å². The van der Waals surface area contributed by atoms with E-state index in [0.29, 0.717) is 6.42 Å². The quantitative estimate of drug-likeness (QED) is 0.302. The van der Waals surface area contributed by atoms with Crippen LogP contribution in [0, 0.1) is 0 Å². The molecule has 0 bridgehead atoms. The van der Waals surface area contributed by atoms with E-state index >= 15 is 0 Å². The molecule has 32 valence electrons. The van der Waals surface area contributed by atoms with Gasteiger partial charge >= 0.3 is 29.6 Å². The van der Waals surface area contributed by atoms with Crippen LogP contribution in [0.2, 0.25) is 0 Å². The molecular formula is C4H9NaO. The second-order valence-electron chi connectivity index (χ2n) is 0.801. The molecule has 0 aliphatic carbocycles. The van der Waals surface area contributed by atoms with Crippen LogP contribution < -0.4 is 29.6 Å². The third kappa shape index (κ3) is 8.83. The van der Waals surface area contributed by atoms with Gasteiger partial charge < -0.3 is 6.53 Å². The Balaban J connectivity index is -0.0000000800. The maximum absolute atomic E-state index is 8.00. The third-order valence-corrected chi connectivity index (χ3v) is 0.333. The van der Waals surface area contributed by atoms with Gasteiger partial charge in [-0.1, -0.05) is 6.08 Å². The van der Waals surface area contributed by atoms with Gasteiger partial charge in [-0.3, -0.25) is 0 Å². The molecule has 0 aromatic rings. The fraction of sp³-hybridized carbons (Fsp3) is 0.500. The molecule has 0 spiro atoms. The van der Waals surface area contributed by atoms with Crippen LogP contribution in [0.15, 0.2) is 12.7 Å². The van der Waals surface area contributed by atoms with Gasteiger partial charge in [-0.2, -0.15) is 0 Å². The van der Waals surface area contributed by atoms with Crippen LogP contribution in [0.4, 0.5) is 0 Å². The van der Waals surface area contributed by atoms with E-state index in [9.17, 15) is 0 Å².